The Kier molecular flexibility index (Phi) is 5.43. The molecule has 7 heteroatoms. The molecule has 0 spiro atoms. The normalized spacial score (nSPS) is 12.5. The highest BCUT2D eigenvalue weighted by Gasteiger charge is 2.13. The maximum Gasteiger partial charge on any atom is 0.234 e. The molecule has 0 saturated carbocycles. The standard InChI is InChI=1S/C21H19N3O3S/c1-14-4-2-3-5-16(14)17-7-9-21(24-23-17)28-13-20(25)22-15-6-8-18-19(12-15)27-11-10-26-18/h2-9,12H,10-11,13H2,1H3,(H,22,25). The monoisotopic (exact) mass is 393 g/mol. The highest BCUT2D eigenvalue weighted by molar-refractivity contribution is 7.99. The number of aryl methyl sites for hydroxylation is 1. The summed E-state index contributed by atoms with van der Waals surface area (Å²) >= 11 is 1.34. The molecule has 2 aromatic carbocycles. The second kappa shape index (κ2) is 8.31. The minimum Gasteiger partial charge on any atom is -0.486 e. The molecular weight excluding hydrogens is 374 g/mol. The van der Waals surface area contributed by atoms with E-state index in [1.807, 2.05) is 43.3 Å². The number of nitrogens with zero attached hydrogens (tertiary/aromatic N) is 2. The van der Waals surface area contributed by atoms with Gasteiger partial charge in [0.25, 0.3) is 0 Å². The van der Waals surface area contributed by atoms with Gasteiger partial charge in [-0.1, -0.05) is 36.0 Å². The van der Waals surface area contributed by atoms with Gasteiger partial charge in [0.1, 0.15) is 18.2 Å². The number of amides is 1. The van der Waals surface area contributed by atoms with Gasteiger partial charge in [-0.05, 0) is 36.8 Å². The SMILES string of the molecule is Cc1ccccc1-c1ccc(SCC(=O)Nc2ccc3c(c2)OCCO3)nn1. The van der Waals surface area contributed by atoms with E-state index in [4.69, 9.17) is 9.47 Å². The smallest absolute Gasteiger partial charge is 0.234 e. The van der Waals surface area contributed by atoms with Crippen molar-refractivity contribution < 1.29 is 14.3 Å². The maximum atomic E-state index is 12.2. The molecule has 1 amide bonds. The van der Waals surface area contributed by atoms with Crippen molar-refractivity contribution in [2.24, 2.45) is 0 Å². The summed E-state index contributed by atoms with van der Waals surface area (Å²) in [5.41, 5.74) is 3.71. The first-order valence-corrected chi connectivity index (χ1v) is 9.89. The number of carbonyl (C=O) groups is 1. The number of ether oxygens (including phenoxy) is 2. The molecule has 0 fully saturated rings. The fourth-order valence-corrected chi connectivity index (χ4v) is 3.47. The van der Waals surface area contributed by atoms with E-state index in [1.54, 1.807) is 18.2 Å². The van der Waals surface area contributed by atoms with Crippen LogP contribution in [0.3, 0.4) is 0 Å². The first-order chi connectivity index (χ1) is 13.7. The van der Waals surface area contributed by atoms with E-state index in [2.05, 4.69) is 15.5 Å². The van der Waals surface area contributed by atoms with Crippen LogP contribution in [-0.4, -0.2) is 35.1 Å². The number of anilines is 1. The van der Waals surface area contributed by atoms with Crippen LogP contribution in [0.15, 0.2) is 59.6 Å². The van der Waals surface area contributed by atoms with Gasteiger partial charge >= 0.3 is 0 Å². The van der Waals surface area contributed by atoms with Gasteiger partial charge in [-0.3, -0.25) is 4.79 Å². The summed E-state index contributed by atoms with van der Waals surface area (Å²) in [4.78, 5) is 12.2. The Morgan fingerprint density at radius 1 is 1.04 bits per heavy atom. The van der Waals surface area contributed by atoms with Crippen molar-refractivity contribution in [3.05, 3.63) is 60.2 Å². The van der Waals surface area contributed by atoms with E-state index in [0.717, 1.165) is 16.8 Å². The summed E-state index contributed by atoms with van der Waals surface area (Å²) in [6.45, 7) is 3.10. The van der Waals surface area contributed by atoms with E-state index in [-0.39, 0.29) is 11.7 Å². The maximum absolute atomic E-state index is 12.2. The fraction of sp³-hybridized carbons (Fsp3) is 0.190. The average Bonchev–Trinajstić information content (AvgIpc) is 2.73. The minimum atomic E-state index is -0.119. The molecule has 1 aliphatic rings. The second-order valence-corrected chi connectivity index (χ2v) is 7.26. The van der Waals surface area contributed by atoms with Crippen LogP contribution in [0, 0.1) is 6.92 Å². The zero-order valence-corrected chi connectivity index (χ0v) is 16.2. The molecule has 6 nitrogen and oxygen atoms in total. The molecule has 4 rings (SSSR count). The molecule has 142 valence electrons. The van der Waals surface area contributed by atoms with Gasteiger partial charge < -0.3 is 14.8 Å². The summed E-state index contributed by atoms with van der Waals surface area (Å²) in [6, 6.07) is 17.2. The van der Waals surface area contributed by atoms with Crippen molar-refractivity contribution >= 4 is 23.4 Å². The molecule has 0 unspecified atom stereocenters. The predicted molar refractivity (Wildman–Crippen MR) is 109 cm³/mol. The predicted octanol–water partition coefficient (Wildman–Crippen LogP) is 3.95. The molecule has 28 heavy (non-hydrogen) atoms. The molecule has 0 radical (unpaired) electrons. The molecule has 0 saturated heterocycles. The van der Waals surface area contributed by atoms with E-state index >= 15 is 0 Å². The zero-order chi connectivity index (χ0) is 19.3. The first-order valence-electron chi connectivity index (χ1n) is 8.91. The van der Waals surface area contributed by atoms with E-state index in [0.29, 0.717) is 35.4 Å². The van der Waals surface area contributed by atoms with Gasteiger partial charge in [0.2, 0.25) is 5.91 Å². The van der Waals surface area contributed by atoms with Crippen molar-refractivity contribution in [1.82, 2.24) is 10.2 Å². The van der Waals surface area contributed by atoms with Crippen molar-refractivity contribution in [1.29, 1.82) is 0 Å². The average molecular weight is 393 g/mol. The lowest BCUT2D eigenvalue weighted by Crippen LogP contribution is -2.17. The van der Waals surface area contributed by atoms with Crippen LogP contribution < -0.4 is 14.8 Å². The first kappa shape index (κ1) is 18.3. The summed E-state index contributed by atoms with van der Waals surface area (Å²) in [7, 11) is 0. The highest BCUT2D eigenvalue weighted by atomic mass is 32.2. The van der Waals surface area contributed by atoms with Crippen molar-refractivity contribution in [3.8, 4) is 22.8 Å². The molecule has 1 aromatic heterocycles. The number of benzene rings is 2. The number of nitrogens with one attached hydrogen (secondary N) is 1. The van der Waals surface area contributed by atoms with E-state index in [9.17, 15) is 4.79 Å². The largest absolute Gasteiger partial charge is 0.486 e. The van der Waals surface area contributed by atoms with Gasteiger partial charge in [-0.15, -0.1) is 10.2 Å². The van der Waals surface area contributed by atoms with Gasteiger partial charge in [-0.2, -0.15) is 0 Å². The molecule has 2 heterocycles. The minimum absolute atomic E-state index is 0.119. The number of carbonyl (C=O) groups excluding carboxylic acids is 1. The van der Waals surface area contributed by atoms with E-state index in [1.165, 1.54) is 11.8 Å². The summed E-state index contributed by atoms with van der Waals surface area (Å²) in [6.07, 6.45) is 0. The van der Waals surface area contributed by atoms with Gasteiger partial charge in [0.15, 0.2) is 11.5 Å². The van der Waals surface area contributed by atoms with Crippen LogP contribution in [0.25, 0.3) is 11.3 Å². The Balaban J connectivity index is 1.34. The number of thioether (sulfide) groups is 1. The Morgan fingerprint density at radius 3 is 2.64 bits per heavy atom. The summed E-state index contributed by atoms with van der Waals surface area (Å²) in [5, 5.41) is 12.1. The van der Waals surface area contributed by atoms with Crippen LogP contribution in [0.4, 0.5) is 5.69 Å². The fourth-order valence-electron chi connectivity index (χ4n) is 2.86. The number of fused-ring (bicyclic) bond motifs is 1. The quantitative estimate of drug-likeness (QED) is 0.662. The number of hydrogen-bond acceptors (Lipinski definition) is 6. The second-order valence-electron chi connectivity index (χ2n) is 6.27. The van der Waals surface area contributed by atoms with Crippen LogP contribution in [-0.2, 0) is 4.79 Å². The molecule has 1 N–H and O–H groups in total. The highest BCUT2D eigenvalue weighted by Crippen LogP contribution is 2.32. The van der Waals surface area contributed by atoms with Crippen molar-refractivity contribution in [2.75, 3.05) is 24.3 Å². The molecule has 0 atom stereocenters. The number of hydrogen-bond donors (Lipinski definition) is 1. The Labute approximate surface area is 167 Å². The van der Waals surface area contributed by atoms with Crippen LogP contribution >= 0.6 is 11.8 Å². The third-order valence-corrected chi connectivity index (χ3v) is 5.16. The Morgan fingerprint density at radius 2 is 1.86 bits per heavy atom. The third kappa shape index (κ3) is 4.26. The van der Waals surface area contributed by atoms with Gasteiger partial charge in [0.05, 0.1) is 11.4 Å². The van der Waals surface area contributed by atoms with Crippen molar-refractivity contribution in [3.63, 3.8) is 0 Å². The van der Waals surface area contributed by atoms with E-state index < -0.39 is 0 Å². The molecular formula is C21H19N3O3S. The Hall–Kier alpha value is -3.06. The molecule has 0 bridgehead atoms. The zero-order valence-electron chi connectivity index (χ0n) is 15.3. The van der Waals surface area contributed by atoms with Crippen LogP contribution in [0.5, 0.6) is 11.5 Å². The molecule has 3 aromatic rings. The lowest BCUT2D eigenvalue weighted by atomic mass is 10.1. The summed E-state index contributed by atoms with van der Waals surface area (Å²) < 4.78 is 11.0. The lowest BCUT2D eigenvalue weighted by Gasteiger charge is -2.18. The van der Waals surface area contributed by atoms with Gasteiger partial charge in [0, 0.05) is 17.3 Å². The Bertz CT molecular complexity index is 992. The third-order valence-electron chi connectivity index (χ3n) is 4.24. The number of rotatable bonds is 5. The van der Waals surface area contributed by atoms with Gasteiger partial charge in [-0.25, -0.2) is 0 Å². The molecule has 0 aliphatic carbocycles. The van der Waals surface area contributed by atoms with Crippen LogP contribution in [0.1, 0.15) is 5.56 Å². The van der Waals surface area contributed by atoms with Crippen molar-refractivity contribution in [2.45, 2.75) is 11.9 Å². The molecule has 1 aliphatic heterocycles. The topological polar surface area (TPSA) is 73.3 Å². The van der Waals surface area contributed by atoms with Crippen LogP contribution in [0.2, 0.25) is 0 Å². The lowest BCUT2D eigenvalue weighted by molar-refractivity contribution is -0.113. The number of aromatic nitrogens is 2. The summed E-state index contributed by atoms with van der Waals surface area (Å²) in [5.74, 6) is 1.47.